The zero-order valence-corrected chi connectivity index (χ0v) is 16.7. The molecule has 0 aliphatic rings. The predicted octanol–water partition coefficient (Wildman–Crippen LogP) is 3.64. The van der Waals surface area contributed by atoms with Crippen molar-refractivity contribution in [1.29, 1.82) is 0 Å². The third kappa shape index (κ3) is 4.95. The van der Waals surface area contributed by atoms with Crippen molar-refractivity contribution >= 4 is 17.7 Å². The maximum Gasteiger partial charge on any atom is 0.233 e. The van der Waals surface area contributed by atoms with Gasteiger partial charge in [-0.15, -0.1) is 10.2 Å². The van der Waals surface area contributed by atoms with Gasteiger partial charge in [-0.2, -0.15) is 0 Å². The predicted molar refractivity (Wildman–Crippen MR) is 107 cm³/mol. The number of amides is 1. The minimum absolute atomic E-state index is 0.0224. The molecule has 3 aromatic rings. The fourth-order valence-electron chi connectivity index (χ4n) is 2.72. The van der Waals surface area contributed by atoms with Crippen molar-refractivity contribution < 1.29 is 9.18 Å². The number of rotatable bonds is 8. The summed E-state index contributed by atoms with van der Waals surface area (Å²) in [5.74, 6) is 0.730. The average Bonchev–Trinajstić information content (AvgIpc) is 3.11. The van der Waals surface area contributed by atoms with Crippen LogP contribution in [0.5, 0.6) is 0 Å². The molecule has 0 saturated heterocycles. The van der Waals surface area contributed by atoms with Gasteiger partial charge in [0.1, 0.15) is 5.82 Å². The van der Waals surface area contributed by atoms with E-state index in [9.17, 15) is 9.18 Å². The van der Waals surface area contributed by atoms with E-state index in [0.717, 1.165) is 35.1 Å². The van der Waals surface area contributed by atoms with Crippen molar-refractivity contribution in [3.05, 3.63) is 60.2 Å². The lowest BCUT2D eigenvalue weighted by Crippen LogP contribution is -2.27. The van der Waals surface area contributed by atoms with E-state index >= 15 is 0 Å². The highest BCUT2D eigenvalue weighted by Crippen LogP contribution is 2.24. The second kappa shape index (κ2) is 9.45. The highest BCUT2D eigenvalue weighted by atomic mass is 32.2. The number of benzene rings is 1. The third-order valence-electron chi connectivity index (χ3n) is 4.19. The Balaban J connectivity index is 1.65. The number of nitrogens with zero attached hydrogens (tertiary/aromatic N) is 5. The van der Waals surface area contributed by atoms with E-state index in [1.165, 1.54) is 23.9 Å². The number of thioether (sulfide) groups is 1. The van der Waals surface area contributed by atoms with E-state index in [2.05, 4.69) is 22.1 Å². The first-order chi connectivity index (χ1) is 13.6. The molecule has 28 heavy (non-hydrogen) atoms. The van der Waals surface area contributed by atoms with Gasteiger partial charge in [-0.1, -0.05) is 30.8 Å². The Kier molecular flexibility index (Phi) is 6.76. The van der Waals surface area contributed by atoms with Crippen LogP contribution in [0.1, 0.15) is 18.9 Å². The molecule has 0 bridgehead atoms. The summed E-state index contributed by atoms with van der Waals surface area (Å²) in [4.78, 5) is 18.2. The second-order valence-electron chi connectivity index (χ2n) is 6.36. The van der Waals surface area contributed by atoms with Crippen LogP contribution < -0.4 is 0 Å². The molecule has 0 spiro atoms. The summed E-state index contributed by atoms with van der Waals surface area (Å²) < 4.78 is 15.0. The molecule has 2 heterocycles. The summed E-state index contributed by atoms with van der Waals surface area (Å²) in [6.45, 7) is 3.29. The molecule has 3 rings (SSSR count). The van der Waals surface area contributed by atoms with Crippen LogP contribution in [0.4, 0.5) is 4.39 Å². The molecule has 0 fully saturated rings. The van der Waals surface area contributed by atoms with Gasteiger partial charge in [0.15, 0.2) is 11.0 Å². The maximum atomic E-state index is 13.0. The Bertz CT molecular complexity index is 914. The van der Waals surface area contributed by atoms with E-state index in [-0.39, 0.29) is 17.5 Å². The zero-order chi connectivity index (χ0) is 19.9. The van der Waals surface area contributed by atoms with Crippen molar-refractivity contribution in [3.63, 3.8) is 0 Å². The lowest BCUT2D eigenvalue weighted by Gasteiger charge is -2.17. The van der Waals surface area contributed by atoms with Crippen LogP contribution in [-0.2, 0) is 17.9 Å². The van der Waals surface area contributed by atoms with Crippen LogP contribution >= 0.6 is 11.8 Å². The number of aromatic nitrogens is 4. The number of carbonyl (C=O) groups is 1. The molecule has 0 aliphatic carbocycles. The summed E-state index contributed by atoms with van der Waals surface area (Å²) in [5, 5.41) is 9.31. The molecule has 1 amide bonds. The van der Waals surface area contributed by atoms with Crippen molar-refractivity contribution in [2.45, 2.75) is 31.6 Å². The molecule has 0 saturated carbocycles. The minimum atomic E-state index is -0.284. The van der Waals surface area contributed by atoms with Gasteiger partial charge < -0.3 is 9.47 Å². The third-order valence-corrected chi connectivity index (χ3v) is 5.14. The number of carbonyl (C=O) groups excluding carboxylic acids is 1. The van der Waals surface area contributed by atoms with Crippen molar-refractivity contribution in [2.24, 2.45) is 0 Å². The molecule has 2 aromatic heterocycles. The Hall–Kier alpha value is -2.74. The molecule has 8 heteroatoms. The summed E-state index contributed by atoms with van der Waals surface area (Å²) in [6.07, 6.45) is 4.38. The SMILES string of the molecule is CCCn1c(SCC(=O)N(C)Cc2ccc(F)cc2)nnc1-c1ccncc1. The van der Waals surface area contributed by atoms with E-state index in [4.69, 9.17) is 0 Å². The highest BCUT2D eigenvalue weighted by molar-refractivity contribution is 7.99. The fourth-order valence-corrected chi connectivity index (χ4v) is 3.63. The van der Waals surface area contributed by atoms with E-state index in [1.807, 2.05) is 16.7 Å². The first-order valence-corrected chi connectivity index (χ1v) is 10.0. The van der Waals surface area contributed by atoms with Crippen molar-refractivity contribution in [3.8, 4) is 11.4 Å². The lowest BCUT2D eigenvalue weighted by atomic mass is 10.2. The largest absolute Gasteiger partial charge is 0.341 e. The highest BCUT2D eigenvalue weighted by Gasteiger charge is 2.16. The molecule has 146 valence electrons. The van der Waals surface area contributed by atoms with Crippen molar-refractivity contribution in [2.75, 3.05) is 12.8 Å². The summed E-state index contributed by atoms with van der Waals surface area (Å²) >= 11 is 1.37. The number of halogens is 1. The monoisotopic (exact) mass is 399 g/mol. The molecule has 0 atom stereocenters. The standard InChI is InChI=1S/C20H22FN5OS/c1-3-12-26-19(16-8-10-22-11-9-16)23-24-20(26)28-14-18(27)25(2)13-15-4-6-17(21)7-5-15/h4-11H,3,12-14H2,1-2H3. The summed E-state index contributed by atoms with van der Waals surface area (Å²) in [5.41, 5.74) is 1.83. The van der Waals surface area contributed by atoms with Crippen LogP contribution in [0.2, 0.25) is 0 Å². The maximum absolute atomic E-state index is 13.0. The minimum Gasteiger partial charge on any atom is -0.341 e. The van der Waals surface area contributed by atoms with Crippen LogP contribution in [0, 0.1) is 5.82 Å². The van der Waals surface area contributed by atoms with Crippen molar-refractivity contribution in [1.82, 2.24) is 24.6 Å². The Morgan fingerprint density at radius 2 is 1.86 bits per heavy atom. The van der Waals surface area contributed by atoms with E-state index < -0.39 is 0 Å². The van der Waals surface area contributed by atoms with Gasteiger partial charge in [0.2, 0.25) is 5.91 Å². The van der Waals surface area contributed by atoms with Gasteiger partial charge in [-0.3, -0.25) is 9.78 Å². The fraction of sp³-hybridized carbons (Fsp3) is 0.300. The number of hydrogen-bond acceptors (Lipinski definition) is 5. The van der Waals surface area contributed by atoms with Crippen LogP contribution in [0.25, 0.3) is 11.4 Å². The van der Waals surface area contributed by atoms with Gasteiger partial charge in [-0.25, -0.2) is 4.39 Å². The molecule has 1 aromatic carbocycles. The average molecular weight is 399 g/mol. The molecule has 6 nitrogen and oxygen atoms in total. The lowest BCUT2D eigenvalue weighted by molar-refractivity contribution is -0.127. The molecular formula is C20H22FN5OS. The Labute approximate surface area is 167 Å². The Morgan fingerprint density at radius 3 is 2.54 bits per heavy atom. The summed E-state index contributed by atoms with van der Waals surface area (Å²) in [6, 6.07) is 9.96. The van der Waals surface area contributed by atoms with Crippen LogP contribution in [0.3, 0.4) is 0 Å². The molecule has 0 aliphatic heterocycles. The van der Waals surface area contributed by atoms with Crippen LogP contribution in [-0.4, -0.2) is 43.4 Å². The normalized spacial score (nSPS) is 10.8. The number of pyridine rings is 1. The van der Waals surface area contributed by atoms with E-state index in [1.54, 1.807) is 36.5 Å². The smallest absolute Gasteiger partial charge is 0.233 e. The van der Waals surface area contributed by atoms with Crippen LogP contribution in [0.15, 0.2) is 53.9 Å². The summed E-state index contributed by atoms with van der Waals surface area (Å²) in [7, 11) is 1.74. The zero-order valence-electron chi connectivity index (χ0n) is 15.9. The molecule has 0 unspecified atom stereocenters. The Morgan fingerprint density at radius 1 is 1.14 bits per heavy atom. The van der Waals surface area contributed by atoms with Gasteiger partial charge in [0, 0.05) is 38.1 Å². The topological polar surface area (TPSA) is 63.9 Å². The van der Waals surface area contributed by atoms with Gasteiger partial charge in [-0.05, 0) is 36.2 Å². The number of hydrogen-bond donors (Lipinski definition) is 0. The van der Waals surface area contributed by atoms with Gasteiger partial charge in [0.25, 0.3) is 0 Å². The first kappa shape index (κ1) is 20.0. The molecular weight excluding hydrogens is 377 g/mol. The van der Waals surface area contributed by atoms with E-state index in [0.29, 0.717) is 6.54 Å². The quantitative estimate of drug-likeness (QED) is 0.541. The molecule has 0 radical (unpaired) electrons. The molecule has 0 N–H and O–H groups in total. The van der Waals surface area contributed by atoms with Gasteiger partial charge >= 0.3 is 0 Å². The first-order valence-electron chi connectivity index (χ1n) is 9.03. The second-order valence-corrected chi connectivity index (χ2v) is 7.30. The van der Waals surface area contributed by atoms with Gasteiger partial charge in [0.05, 0.1) is 5.75 Å².